The van der Waals surface area contributed by atoms with Crippen molar-refractivity contribution in [3.05, 3.63) is 48.9 Å². The van der Waals surface area contributed by atoms with Crippen LogP contribution >= 0.6 is 23.7 Å². The van der Waals surface area contributed by atoms with Crippen LogP contribution in [-0.2, 0) is 25.7 Å². The minimum absolute atomic E-state index is 0.0277. The Balaban J connectivity index is 1.47. The molecule has 0 spiro atoms. The van der Waals surface area contributed by atoms with E-state index in [-0.39, 0.29) is 11.8 Å². The Bertz CT molecular complexity index is 977. The summed E-state index contributed by atoms with van der Waals surface area (Å²) in [4.78, 5) is 14.0. The summed E-state index contributed by atoms with van der Waals surface area (Å²) in [6.07, 6.45) is 12.8. The lowest BCUT2D eigenvalue weighted by molar-refractivity contribution is 0.0476. The summed E-state index contributed by atoms with van der Waals surface area (Å²) in [7, 11) is 0. The number of hydrogen-bond acceptors (Lipinski definition) is 4. The van der Waals surface area contributed by atoms with Gasteiger partial charge in [-0.3, -0.25) is 4.72 Å². The van der Waals surface area contributed by atoms with Crippen LogP contribution in [0.2, 0.25) is 0 Å². The molecule has 0 heterocycles. The first-order valence-electron chi connectivity index (χ1n) is 12.7. The molecule has 1 aromatic rings. The number of urea groups is 1. The quantitative estimate of drug-likeness (QED) is 0.336. The minimum Gasteiger partial charge on any atom is -0.385 e. The normalized spacial score (nSPS) is 20.0. The van der Waals surface area contributed by atoms with Gasteiger partial charge in [0.1, 0.15) is 5.82 Å². The maximum absolute atomic E-state index is 14.9. The number of fused-ring (bicyclic) bond motifs is 2. The largest absolute Gasteiger partial charge is 0.385 e. The molecule has 4 rings (SSSR count). The lowest BCUT2D eigenvalue weighted by Gasteiger charge is -2.34. The second-order valence-electron chi connectivity index (χ2n) is 9.74. The van der Waals surface area contributed by atoms with Gasteiger partial charge in [0.2, 0.25) is 0 Å². The molecule has 0 aliphatic heterocycles. The Hall–Kier alpha value is -1.44. The summed E-state index contributed by atoms with van der Waals surface area (Å²) in [5, 5.41) is 14.3. The highest BCUT2D eigenvalue weighted by atomic mass is 32.2. The van der Waals surface area contributed by atoms with Crippen LogP contribution in [0.5, 0.6) is 0 Å². The Kier molecular flexibility index (Phi) is 8.36. The number of benzene rings is 1. The number of nitrogens with one attached hydrogen (secondary N) is 2. The van der Waals surface area contributed by atoms with Crippen molar-refractivity contribution in [1.29, 1.82) is 0 Å². The fraction of sp³-hybridized carbons (Fsp3) is 0.593. The van der Waals surface area contributed by atoms with Crippen molar-refractivity contribution >= 4 is 35.4 Å². The first-order valence-corrected chi connectivity index (χ1v) is 14.4. The average molecular weight is 505 g/mol. The fourth-order valence-electron chi connectivity index (χ4n) is 5.52. The van der Waals surface area contributed by atoms with E-state index in [0.29, 0.717) is 0 Å². The van der Waals surface area contributed by atoms with Crippen LogP contribution in [0.4, 0.5) is 14.9 Å². The van der Waals surface area contributed by atoms with Gasteiger partial charge in [0.25, 0.3) is 0 Å². The molecule has 1 aromatic carbocycles. The van der Waals surface area contributed by atoms with Crippen molar-refractivity contribution in [2.45, 2.75) is 103 Å². The van der Waals surface area contributed by atoms with Crippen LogP contribution in [0.1, 0.15) is 94.4 Å². The molecule has 1 saturated carbocycles. The van der Waals surface area contributed by atoms with Crippen molar-refractivity contribution < 1.29 is 14.3 Å². The molecule has 2 amide bonds. The molecule has 3 aliphatic rings. The van der Waals surface area contributed by atoms with Crippen LogP contribution < -0.4 is 10.0 Å². The zero-order chi connectivity index (χ0) is 24.3. The monoisotopic (exact) mass is 504 g/mol. The Morgan fingerprint density at radius 2 is 1.62 bits per heavy atom. The van der Waals surface area contributed by atoms with E-state index in [9.17, 15) is 14.3 Å². The smallest absolute Gasteiger partial charge is 0.329 e. The number of aliphatic hydroxyl groups is 1. The lowest BCUT2D eigenvalue weighted by Crippen LogP contribution is -2.32. The van der Waals surface area contributed by atoms with E-state index in [1.807, 2.05) is 13.0 Å². The number of rotatable bonds is 7. The highest BCUT2D eigenvalue weighted by Crippen LogP contribution is 2.46. The maximum Gasteiger partial charge on any atom is 0.329 e. The number of amides is 2. The maximum atomic E-state index is 14.9. The number of thioether (sulfide) groups is 1. The molecule has 186 valence electrons. The predicted molar refractivity (Wildman–Crippen MR) is 143 cm³/mol. The van der Waals surface area contributed by atoms with Gasteiger partial charge in [-0.2, -0.15) is 0 Å². The van der Waals surface area contributed by atoms with Gasteiger partial charge in [-0.25, -0.2) is 9.18 Å². The first kappa shape index (κ1) is 25.6. The zero-order valence-electron chi connectivity index (χ0n) is 20.6. The summed E-state index contributed by atoms with van der Waals surface area (Å²) in [5.41, 5.74) is 4.84. The number of allylic oxidation sites excluding steroid dienone is 2. The molecular weight excluding hydrogens is 467 g/mol. The van der Waals surface area contributed by atoms with Gasteiger partial charge in [0, 0.05) is 10.6 Å². The van der Waals surface area contributed by atoms with E-state index in [4.69, 9.17) is 0 Å². The molecule has 0 saturated heterocycles. The molecular formula is C27H37FN2O2S2. The molecule has 0 bridgehead atoms. The zero-order valence-corrected chi connectivity index (χ0v) is 22.2. The minimum atomic E-state index is -0.769. The third kappa shape index (κ3) is 5.21. The van der Waals surface area contributed by atoms with Gasteiger partial charge in [0.15, 0.2) is 0 Å². The molecule has 4 nitrogen and oxygen atoms in total. The van der Waals surface area contributed by atoms with E-state index in [1.54, 1.807) is 11.8 Å². The molecule has 3 N–H and O–H groups in total. The lowest BCUT2D eigenvalue weighted by atomic mass is 9.84. The van der Waals surface area contributed by atoms with Crippen molar-refractivity contribution in [1.82, 2.24) is 4.72 Å². The Labute approximate surface area is 211 Å². The van der Waals surface area contributed by atoms with Crippen molar-refractivity contribution in [2.75, 3.05) is 5.32 Å². The number of halogens is 1. The van der Waals surface area contributed by atoms with Crippen molar-refractivity contribution in [2.24, 2.45) is 0 Å². The van der Waals surface area contributed by atoms with Crippen LogP contribution in [0, 0.1) is 5.82 Å². The Morgan fingerprint density at radius 1 is 1.03 bits per heavy atom. The van der Waals surface area contributed by atoms with E-state index >= 15 is 0 Å². The van der Waals surface area contributed by atoms with Crippen LogP contribution in [0.3, 0.4) is 0 Å². The van der Waals surface area contributed by atoms with Gasteiger partial charge in [0.05, 0.1) is 9.84 Å². The van der Waals surface area contributed by atoms with E-state index in [1.165, 1.54) is 23.9 Å². The van der Waals surface area contributed by atoms with Gasteiger partial charge in [-0.1, -0.05) is 49.6 Å². The third-order valence-electron chi connectivity index (χ3n) is 7.53. The molecule has 0 aromatic heterocycles. The summed E-state index contributed by atoms with van der Waals surface area (Å²) >= 11 is 2.89. The summed E-state index contributed by atoms with van der Waals surface area (Å²) < 4.78 is 18.9. The number of anilines is 1. The van der Waals surface area contributed by atoms with E-state index in [2.05, 4.69) is 23.9 Å². The standard InChI is InChI=1S/C27H37FN2O2S2/c1-4-17(3)25(33-22(5-2)27(32)15-7-6-8-16-27)34-30-26(31)29-24-20-13-9-11-18(20)23(28)19-12-10-14-21(19)24/h5,32H,4,6-16H2,1-3H3,(H2,29,30,31)/b22-5-,25-17-. The topological polar surface area (TPSA) is 61.4 Å². The van der Waals surface area contributed by atoms with Crippen molar-refractivity contribution in [3.63, 3.8) is 0 Å². The number of hydrogen-bond donors (Lipinski definition) is 3. The SMILES string of the molecule is C/C=C(\S/C(SNC(=O)Nc1c2c(c(F)c3c1CCC3)CCC2)=C(\C)CC)C1(O)CCCCC1. The molecule has 0 radical (unpaired) electrons. The summed E-state index contributed by atoms with van der Waals surface area (Å²) in [6.45, 7) is 6.16. The third-order valence-corrected chi connectivity index (χ3v) is 10.2. The first-order chi connectivity index (χ1) is 16.4. The molecule has 0 atom stereocenters. The molecule has 34 heavy (non-hydrogen) atoms. The molecule has 1 fully saturated rings. The highest BCUT2D eigenvalue weighted by Gasteiger charge is 2.34. The van der Waals surface area contributed by atoms with Gasteiger partial charge >= 0.3 is 6.03 Å². The van der Waals surface area contributed by atoms with Gasteiger partial charge in [-0.05, 0) is 106 Å². The van der Waals surface area contributed by atoms with E-state index in [0.717, 1.165) is 108 Å². The second kappa shape index (κ2) is 11.1. The van der Waals surface area contributed by atoms with Crippen LogP contribution in [0.25, 0.3) is 0 Å². The summed E-state index contributed by atoms with van der Waals surface area (Å²) in [6, 6.07) is -0.278. The molecule has 0 unspecified atom stereocenters. The van der Waals surface area contributed by atoms with Gasteiger partial charge < -0.3 is 10.4 Å². The van der Waals surface area contributed by atoms with Crippen LogP contribution in [0.15, 0.2) is 20.8 Å². The second-order valence-corrected chi connectivity index (χ2v) is 11.9. The molecule has 7 heteroatoms. The Morgan fingerprint density at radius 3 is 2.18 bits per heavy atom. The van der Waals surface area contributed by atoms with Gasteiger partial charge in [-0.15, -0.1) is 0 Å². The summed E-state index contributed by atoms with van der Waals surface area (Å²) in [5.74, 6) is -0.0277. The van der Waals surface area contributed by atoms with E-state index < -0.39 is 5.60 Å². The average Bonchev–Trinajstić information content (AvgIpc) is 3.52. The van der Waals surface area contributed by atoms with Crippen LogP contribution in [-0.4, -0.2) is 16.7 Å². The number of carbonyl (C=O) groups excluding carboxylic acids is 1. The highest BCUT2D eigenvalue weighted by molar-refractivity contribution is 8.23. The fourth-order valence-corrected chi connectivity index (χ4v) is 7.66. The molecule has 3 aliphatic carbocycles. The predicted octanol–water partition coefficient (Wildman–Crippen LogP) is 7.55. The van der Waals surface area contributed by atoms with Crippen molar-refractivity contribution in [3.8, 4) is 0 Å². The number of carbonyl (C=O) groups is 1.